The van der Waals surface area contributed by atoms with Crippen LogP contribution < -0.4 is 0 Å². The molecule has 2 N–H and O–H groups in total. The van der Waals surface area contributed by atoms with Crippen molar-refractivity contribution in [3.63, 3.8) is 0 Å². The molecule has 0 unspecified atom stereocenters. The normalized spacial score (nSPS) is 18.9. The van der Waals surface area contributed by atoms with Crippen molar-refractivity contribution in [2.75, 3.05) is 6.54 Å². The van der Waals surface area contributed by atoms with E-state index in [1.54, 1.807) is 0 Å². The highest BCUT2D eigenvalue weighted by molar-refractivity contribution is 6.32. The Morgan fingerprint density at radius 1 is 1.39 bits per heavy atom. The number of aliphatic carboxylic acids is 1. The number of amides is 1. The summed E-state index contributed by atoms with van der Waals surface area (Å²) in [6.45, 7) is 0.425. The number of rotatable bonds is 2. The Kier molecular flexibility index (Phi) is 3.43. The Hall–Kier alpha value is -1.75. The molecule has 1 aliphatic rings. The van der Waals surface area contributed by atoms with Crippen LogP contribution in [0.2, 0.25) is 5.02 Å². The highest BCUT2D eigenvalue weighted by Crippen LogP contribution is 2.26. The Balaban J connectivity index is 2.25. The van der Waals surface area contributed by atoms with E-state index in [0.717, 1.165) is 0 Å². The van der Waals surface area contributed by atoms with Crippen molar-refractivity contribution in [1.82, 2.24) is 4.90 Å². The zero-order valence-corrected chi connectivity index (χ0v) is 10.2. The maximum Gasteiger partial charge on any atom is 0.326 e. The summed E-state index contributed by atoms with van der Waals surface area (Å²) in [7, 11) is 0. The number of benzene rings is 1. The van der Waals surface area contributed by atoms with E-state index in [0.29, 0.717) is 19.4 Å². The molecule has 1 aliphatic heterocycles. The number of hydrogen-bond donors (Lipinski definition) is 2. The molecular weight excluding hydrogens is 258 g/mol. The van der Waals surface area contributed by atoms with Crippen LogP contribution >= 0.6 is 11.6 Å². The fraction of sp³-hybridized carbons (Fsp3) is 0.333. The number of carbonyl (C=O) groups excluding carboxylic acids is 1. The number of aromatic hydroxyl groups is 1. The van der Waals surface area contributed by atoms with Crippen molar-refractivity contribution < 1.29 is 19.8 Å². The lowest BCUT2D eigenvalue weighted by Crippen LogP contribution is -2.40. The van der Waals surface area contributed by atoms with Gasteiger partial charge < -0.3 is 15.1 Å². The van der Waals surface area contributed by atoms with E-state index in [-0.39, 0.29) is 22.2 Å². The van der Waals surface area contributed by atoms with Gasteiger partial charge in [0.2, 0.25) is 0 Å². The first-order valence-electron chi connectivity index (χ1n) is 5.53. The van der Waals surface area contributed by atoms with E-state index in [4.69, 9.17) is 16.7 Å². The van der Waals surface area contributed by atoms with Crippen molar-refractivity contribution in [2.45, 2.75) is 18.9 Å². The summed E-state index contributed by atoms with van der Waals surface area (Å²) in [6, 6.07) is 3.32. The van der Waals surface area contributed by atoms with E-state index >= 15 is 0 Å². The number of phenolic OH excluding ortho intramolecular Hbond substituents is 1. The second kappa shape index (κ2) is 4.86. The van der Waals surface area contributed by atoms with Gasteiger partial charge in [0, 0.05) is 12.1 Å². The van der Waals surface area contributed by atoms with E-state index in [2.05, 4.69) is 0 Å². The summed E-state index contributed by atoms with van der Waals surface area (Å²) in [6.07, 6.45) is 1.14. The summed E-state index contributed by atoms with van der Waals surface area (Å²) in [5.41, 5.74) is 0.283. The molecule has 6 heteroatoms. The Bertz CT molecular complexity index is 503. The number of likely N-dealkylation sites (tertiary alicyclic amines) is 1. The Morgan fingerprint density at radius 3 is 2.72 bits per heavy atom. The average molecular weight is 270 g/mol. The van der Waals surface area contributed by atoms with Crippen LogP contribution in [0.25, 0.3) is 0 Å². The smallest absolute Gasteiger partial charge is 0.326 e. The number of carboxylic acid groups (broad SMARTS) is 1. The predicted molar refractivity (Wildman–Crippen MR) is 64.8 cm³/mol. The average Bonchev–Trinajstić information content (AvgIpc) is 2.81. The van der Waals surface area contributed by atoms with Crippen molar-refractivity contribution in [2.24, 2.45) is 0 Å². The number of nitrogens with zero attached hydrogens (tertiary/aromatic N) is 1. The van der Waals surface area contributed by atoms with Crippen molar-refractivity contribution in [1.29, 1.82) is 0 Å². The van der Waals surface area contributed by atoms with Crippen LogP contribution in [-0.4, -0.2) is 39.6 Å². The largest absolute Gasteiger partial charge is 0.506 e. The molecule has 1 fully saturated rings. The van der Waals surface area contributed by atoms with Gasteiger partial charge in [0.05, 0.1) is 5.02 Å². The first-order valence-corrected chi connectivity index (χ1v) is 5.91. The van der Waals surface area contributed by atoms with Crippen LogP contribution in [0, 0.1) is 0 Å². The van der Waals surface area contributed by atoms with E-state index in [1.165, 1.54) is 23.1 Å². The highest BCUT2D eigenvalue weighted by Gasteiger charge is 2.34. The second-order valence-electron chi connectivity index (χ2n) is 4.16. The third-order valence-corrected chi connectivity index (χ3v) is 3.30. The van der Waals surface area contributed by atoms with Gasteiger partial charge in [-0.3, -0.25) is 4.79 Å². The molecule has 0 aromatic heterocycles. The first-order chi connectivity index (χ1) is 8.50. The van der Waals surface area contributed by atoms with Gasteiger partial charge in [-0.05, 0) is 31.0 Å². The van der Waals surface area contributed by atoms with Gasteiger partial charge in [0.1, 0.15) is 11.8 Å². The number of phenols is 1. The summed E-state index contributed by atoms with van der Waals surface area (Å²) >= 11 is 5.73. The third kappa shape index (κ3) is 2.26. The van der Waals surface area contributed by atoms with Gasteiger partial charge in [-0.2, -0.15) is 0 Å². The van der Waals surface area contributed by atoms with E-state index in [9.17, 15) is 14.7 Å². The molecule has 1 atom stereocenters. The van der Waals surface area contributed by atoms with Crippen molar-refractivity contribution >= 4 is 23.5 Å². The highest BCUT2D eigenvalue weighted by atomic mass is 35.5. The minimum atomic E-state index is -0.995. The molecule has 1 saturated heterocycles. The van der Waals surface area contributed by atoms with Gasteiger partial charge in [-0.1, -0.05) is 11.6 Å². The topological polar surface area (TPSA) is 77.8 Å². The molecule has 96 valence electrons. The summed E-state index contributed by atoms with van der Waals surface area (Å²) in [5, 5.41) is 18.4. The minimum absolute atomic E-state index is 0.0759. The number of halogens is 1. The van der Waals surface area contributed by atoms with Crippen LogP contribution in [0.4, 0.5) is 0 Å². The zero-order chi connectivity index (χ0) is 13.3. The summed E-state index contributed by atoms with van der Waals surface area (Å²) in [4.78, 5) is 24.5. The standard InChI is InChI=1S/C12H12ClNO4/c13-8-6-7(3-4-10(8)15)11(16)14-5-1-2-9(14)12(17)18/h3-4,6,9,15H,1-2,5H2,(H,17,18)/t9-/m1/s1. The molecule has 5 nitrogen and oxygen atoms in total. The monoisotopic (exact) mass is 269 g/mol. The molecule has 0 aliphatic carbocycles. The number of carboxylic acids is 1. The fourth-order valence-electron chi connectivity index (χ4n) is 2.07. The van der Waals surface area contributed by atoms with Gasteiger partial charge in [-0.15, -0.1) is 0 Å². The molecule has 0 saturated carbocycles. The van der Waals surface area contributed by atoms with Gasteiger partial charge >= 0.3 is 5.97 Å². The quantitative estimate of drug-likeness (QED) is 0.857. The molecule has 0 bridgehead atoms. The van der Waals surface area contributed by atoms with E-state index < -0.39 is 12.0 Å². The first kappa shape index (κ1) is 12.7. The molecule has 2 rings (SSSR count). The third-order valence-electron chi connectivity index (χ3n) is 2.99. The maximum absolute atomic E-state index is 12.1. The SMILES string of the molecule is O=C(O)[C@H]1CCCN1C(=O)c1ccc(O)c(Cl)c1. The fourth-order valence-corrected chi connectivity index (χ4v) is 2.25. The molecule has 1 amide bonds. The molecule has 0 spiro atoms. The zero-order valence-electron chi connectivity index (χ0n) is 9.47. The summed E-state index contributed by atoms with van der Waals surface area (Å²) in [5.74, 6) is -1.48. The molecular formula is C12H12ClNO4. The molecule has 18 heavy (non-hydrogen) atoms. The molecule has 1 heterocycles. The second-order valence-corrected chi connectivity index (χ2v) is 4.57. The summed E-state index contributed by atoms with van der Waals surface area (Å²) < 4.78 is 0. The van der Waals surface area contributed by atoms with Crippen LogP contribution in [0.15, 0.2) is 18.2 Å². The van der Waals surface area contributed by atoms with Gasteiger partial charge in [0.25, 0.3) is 5.91 Å². The molecule has 1 aromatic carbocycles. The van der Waals surface area contributed by atoms with Crippen molar-refractivity contribution in [3.8, 4) is 5.75 Å². The lowest BCUT2D eigenvalue weighted by Gasteiger charge is -2.21. The van der Waals surface area contributed by atoms with Crippen LogP contribution in [0.5, 0.6) is 5.75 Å². The molecule has 1 aromatic rings. The maximum atomic E-state index is 12.1. The Labute approximate surface area is 109 Å². The molecule has 0 radical (unpaired) electrons. The lowest BCUT2D eigenvalue weighted by molar-refractivity contribution is -0.141. The number of hydrogen-bond acceptors (Lipinski definition) is 3. The van der Waals surface area contributed by atoms with Gasteiger partial charge in [-0.25, -0.2) is 4.79 Å². The Morgan fingerprint density at radius 2 is 2.11 bits per heavy atom. The van der Waals surface area contributed by atoms with E-state index in [1.807, 2.05) is 0 Å². The van der Waals surface area contributed by atoms with Crippen molar-refractivity contribution in [3.05, 3.63) is 28.8 Å². The lowest BCUT2D eigenvalue weighted by atomic mass is 10.1. The minimum Gasteiger partial charge on any atom is -0.506 e. The number of carbonyl (C=O) groups is 2. The van der Waals surface area contributed by atoms with Crippen LogP contribution in [0.3, 0.4) is 0 Å². The predicted octanol–water partition coefficient (Wildman–Crippen LogP) is 1.73. The van der Waals surface area contributed by atoms with Crippen LogP contribution in [-0.2, 0) is 4.79 Å². The van der Waals surface area contributed by atoms with Crippen LogP contribution in [0.1, 0.15) is 23.2 Å². The van der Waals surface area contributed by atoms with Gasteiger partial charge in [0.15, 0.2) is 0 Å².